The Bertz CT molecular complexity index is 710. The third-order valence-electron chi connectivity index (χ3n) is 5.03. The molecule has 1 saturated carbocycles. The van der Waals surface area contributed by atoms with Crippen LogP contribution in [0.4, 0.5) is 18.0 Å². The minimum Gasteiger partial charge on any atom is -0.326 e. The molecule has 0 radical (unpaired) electrons. The van der Waals surface area contributed by atoms with Gasteiger partial charge < -0.3 is 10.2 Å². The van der Waals surface area contributed by atoms with Crippen molar-refractivity contribution in [2.45, 2.75) is 50.9 Å². The summed E-state index contributed by atoms with van der Waals surface area (Å²) in [7, 11) is 1.54. The number of alkyl halides is 3. The van der Waals surface area contributed by atoms with Crippen LogP contribution in [0.15, 0.2) is 10.9 Å². The second-order valence-corrected chi connectivity index (χ2v) is 6.76. The summed E-state index contributed by atoms with van der Waals surface area (Å²) < 4.78 is 41.3. The van der Waals surface area contributed by atoms with Crippen molar-refractivity contribution in [2.75, 3.05) is 6.54 Å². The number of aromatic nitrogens is 2. The molecule has 0 spiro atoms. The summed E-state index contributed by atoms with van der Waals surface area (Å²) in [4.78, 5) is 25.4. The lowest BCUT2D eigenvalue weighted by Crippen LogP contribution is -2.54. The van der Waals surface area contributed by atoms with Crippen molar-refractivity contribution < 1.29 is 18.0 Å². The summed E-state index contributed by atoms with van der Waals surface area (Å²) in [6.45, 7) is 0.374. The minimum absolute atomic E-state index is 0.0967. The van der Waals surface area contributed by atoms with Gasteiger partial charge in [-0.25, -0.2) is 9.48 Å². The van der Waals surface area contributed by atoms with Crippen molar-refractivity contribution in [1.82, 2.24) is 20.0 Å². The third kappa shape index (κ3) is 3.80. The Labute approximate surface area is 143 Å². The molecule has 1 aliphatic heterocycles. The number of urea groups is 1. The molecule has 1 aliphatic carbocycles. The molecular weight excluding hydrogens is 337 g/mol. The average Bonchev–Trinajstić information content (AvgIpc) is 3.06. The Morgan fingerprint density at radius 2 is 2.04 bits per heavy atom. The Morgan fingerprint density at radius 1 is 1.36 bits per heavy atom. The van der Waals surface area contributed by atoms with Crippen molar-refractivity contribution in [1.29, 1.82) is 0 Å². The quantitative estimate of drug-likeness (QED) is 0.879. The van der Waals surface area contributed by atoms with E-state index in [1.165, 1.54) is 22.7 Å². The number of rotatable bonds is 2. The van der Waals surface area contributed by atoms with Gasteiger partial charge in [-0.05, 0) is 18.8 Å². The van der Waals surface area contributed by atoms with E-state index in [4.69, 9.17) is 0 Å². The number of aryl methyl sites for hydroxylation is 1. The van der Waals surface area contributed by atoms with E-state index in [9.17, 15) is 22.8 Å². The molecule has 2 aliphatic rings. The van der Waals surface area contributed by atoms with Crippen LogP contribution in [0, 0.1) is 5.92 Å². The molecule has 6 nitrogen and oxygen atoms in total. The first-order valence-corrected chi connectivity index (χ1v) is 8.44. The smallest absolute Gasteiger partial charge is 0.326 e. The van der Waals surface area contributed by atoms with Crippen molar-refractivity contribution >= 4 is 6.03 Å². The van der Waals surface area contributed by atoms with Crippen LogP contribution < -0.4 is 10.9 Å². The van der Waals surface area contributed by atoms with Crippen LogP contribution >= 0.6 is 0 Å². The predicted molar refractivity (Wildman–Crippen MR) is 83.9 cm³/mol. The van der Waals surface area contributed by atoms with Crippen molar-refractivity contribution in [3.05, 3.63) is 27.7 Å². The van der Waals surface area contributed by atoms with E-state index in [0.717, 1.165) is 12.8 Å². The van der Waals surface area contributed by atoms with Gasteiger partial charge in [0.25, 0.3) is 5.56 Å². The van der Waals surface area contributed by atoms with E-state index < -0.39 is 24.2 Å². The number of carbonyl (C=O) groups is 1. The van der Waals surface area contributed by atoms with E-state index in [0.29, 0.717) is 30.5 Å². The Balaban J connectivity index is 1.72. The van der Waals surface area contributed by atoms with Gasteiger partial charge in [0.2, 0.25) is 0 Å². The third-order valence-corrected chi connectivity index (χ3v) is 5.03. The molecule has 138 valence electrons. The second-order valence-electron chi connectivity index (χ2n) is 6.76. The van der Waals surface area contributed by atoms with E-state index in [1.54, 1.807) is 0 Å². The molecule has 0 saturated heterocycles. The van der Waals surface area contributed by atoms with E-state index in [-0.39, 0.29) is 18.6 Å². The normalized spacial score (nSPS) is 19.6. The fourth-order valence-electron chi connectivity index (χ4n) is 3.65. The summed E-state index contributed by atoms with van der Waals surface area (Å²) in [5, 5.41) is 6.32. The largest absolute Gasteiger partial charge is 0.408 e. The van der Waals surface area contributed by atoms with Crippen LogP contribution in [0.25, 0.3) is 0 Å². The fraction of sp³-hybridized carbons (Fsp3) is 0.688. The molecule has 0 aromatic carbocycles. The van der Waals surface area contributed by atoms with Gasteiger partial charge in [0.05, 0.1) is 5.69 Å². The van der Waals surface area contributed by atoms with Gasteiger partial charge in [0, 0.05) is 38.2 Å². The summed E-state index contributed by atoms with van der Waals surface area (Å²) in [5.41, 5.74) is 0.989. The standard InChI is InChI=1S/C16H21F3N4O2/c1-22-13(24)8-11-9-23(7-6-12(11)21-22)15(25)20-14(16(17,18)19)10-4-2-3-5-10/h8,10,14H,2-7,9H2,1H3,(H,20,25). The van der Waals surface area contributed by atoms with Crippen LogP contribution in [0.2, 0.25) is 0 Å². The highest BCUT2D eigenvalue weighted by molar-refractivity contribution is 5.75. The lowest BCUT2D eigenvalue weighted by molar-refractivity contribution is -0.165. The van der Waals surface area contributed by atoms with Crippen LogP contribution in [-0.4, -0.2) is 39.5 Å². The van der Waals surface area contributed by atoms with Gasteiger partial charge in [0.15, 0.2) is 0 Å². The van der Waals surface area contributed by atoms with E-state index in [2.05, 4.69) is 10.4 Å². The topological polar surface area (TPSA) is 67.2 Å². The predicted octanol–water partition coefficient (Wildman–Crippen LogP) is 1.97. The molecule has 1 fully saturated rings. The number of halogens is 3. The maximum atomic E-state index is 13.3. The highest BCUT2D eigenvalue weighted by Gasteiger charge is 2.46. The first-order valence-electron chi connectivity index (χ1n) is 8.44. The van der Waals surface area contributed by atoms with Gasteiger partial charge >= 0.3 is 12.2 Å². The number of hydrogen-bond acceptors (Lipinski definition) is 3. The summed E-state index contributed by atoms with van der Waals surface area (Å²) in [6.07, 6.45) is -1.56. The molecule has 2 heterocycles. The molecule has 1 unspecified atom stereocenters. The number of carbonyl (C=O) groups excluding carboxylic acids is 1. The minimum atomic E-state index is -4.46. The van der Waals surface area contributed by atoms with Crippen molar-refractivity contribution in [2.24, 2.45) is 13.0 Å². The first-order chi connectivity index (χ1) is 11.8. The zero-order chi connectivity index (χ0) is 18.2. The molecule has 1 aromatic heterocycles. The fourth-order valence-corrected chi connectivity index (χ4v) is 3.65. The first kappa shape index (κ1) is 17.8. The van der Waals surface area contributed by atoms with Gasteiger partial charge in [-0.3, -0.25) is 4.79 Å². The zero-order valence-corrected chi connectivity index (χ0v) is 14.0. The number of hydrogen-bond donors (Lipinski definition) is 1. The molecule has 9 heteroatoms. The highest BCUT2D eigenvalue weighted by Crippen LogP contribution is 2.35. The summed E-state index contributed by atoms with van der Waals surface area (Å²) in [6, 6.07) is -1.16. The molecule has 3 rings (SSSR count). The summed E-state index contributed by atoms with van der Waals surface area (Å²) in [5.74, 6) is -0.560. The maximum absolute atomic E-state index is 13.3. The lowest BCUT2D eigenvalue weighted by Gasteiger charge is -2.32. The van der Waals surface area contributed by atoms with Crippen molar-refractivity contribution in [3.8, 4) is 0 Å². The number of nitrogens with zero attached hydrogens (tertiary/aromatic N) is 3. The van der Waals surface area contributed by atoms with E-state index in [1.807, 2.05) is 0 Å². The van der Waals surface area contributed by atoms with Crippen LogP contribution in [0.5, 0.6) is 0 Å². The van der Waals surface area contributed by atoms with Crippen LogP contribution in [0.3, 0.4) is 0 Å². The van der Waals surface area contributed by atoms with Crippen LogP contribution in [0.1, 0.15) is 36.9 Å². The zero-order valence-electron chi connectivity index (χ0n) is 14.0. The summed E-state index contributed by atoms with van der Waals surface area (Å²) >= 11 is 0. The molecule has 25 heavy (non-hydrogen) atoms. The van der Waals surface area contributed by atoms with Gasteiger partial charge in [-0.2, -0.15) is 18.3 Å². The molecular formula is C16H21F3N4O2. The maximum Gasteiger partial charge on any atom is 0.408 e. The Kier molecular flexibility index (Phi) is 4.75. The highest BCUT2D eigenvalue weighted by atomic mass is 19.4. The number of amides is 2. The van der Waals surface area contributed by atoms with Gasteiger partial charge in [-0.1, -0.05) is 12.8 Å². The lowest BCUT2D eigenvalue weighted by atomic mass is 9.97. The molecule has 1 aromatic rings. The molecule has 1 N–H and O–H groups in total. The average molecular weight is 358 g/mol. The number of nitrogens with one attached hydrogen (secondary N) is 1. The number of fused-ring (bicyclic) bond motifs is 1. The second kappa shape index (κ2) is 6.68. The van der Waals surface area contributed by atoms with Gasteiger partial charge in [0.1, 0.15) is 6.04 Å². The Morgan fingerprint density at radius 3 is 2.68 bits per heavy atom. The molecule has 1 atom stereocenters. The van der Waals surface area contributed by atoms with E-state index >= 15 is 0 Å². The Hall–Kier alpha value is -2.06. The SMILES string of the molecule is Cn1nc2c(cc1=O)CN(C(=O)NC(C1CCCC1)C(F)(F)F)CC2. The monoisotopic (exact) mass is 358 g/mol. The van der Waals surface area contributed by atoms with Crippen molar-refractivity contribution in [3.63, 3.8) is 0 Å². The van der Waals surface area contributed by atoms with Gasteiger partial charge in [-0.15, -0.1) is 0 Å². The molecule has 2 amide bonds. The molecule has 0 bridgehead atoms. The van der Waals surface area contributed by atoms with Crippen LogP contribution in [-0.2, 0) is 20.0 Å².